The zero-order valence-electron chi connectivity index (χ0n) is 8.54. The number of nitrogens with zero attached hydrogens (tertiary/aromatic N) is 1. The van der Waals surface area contributed by atoms with E-state index < -0.39 is 21.2 Å². The van der Waals surface area contributed by atoms with Crippen LogP contribution in [0.15, 0.2) is 0 Å². The number of hydrogen-bond acceptors (Lipinski definition) is 6. The van der Waals surface area contributed by atoms with Gasteiger partial charge in [0.1, 0.15) is 0 Å². The monoisotopic (exact) mass is 323 g/mol. The second kappa shape index (κ2) is 4.19. The van der Waals surface area contributed by atoms with Crippen LogP contribution in [0.4, 0.5) is 28.4 Å². The van der Waals surface area contributed by atoms with Crippen molar-refractivity contribution in [3.8, 4) is 0 Å². The quantitative estimate of drug-likeness (QED) is 0.197. The fourth-order valence-electron chi connectivity index (χ4n) is 1.28. The first kappa shape index (κ1) is 12.0. The summed E-state index contributed by atoms with van der Waals surface area (Å²) >= 11 is -0.396. The van der Waals surface area contributed by atoms with Gasteiger partial charge in [0, 0.05) is 0 Å². The van der Waals surface area contributed by atoms with E-state index in [9.17, 15) is 5.21 Å². The van der Waals surface area contributed by atoms with Gasteiger partial charge in [0.15, 0.2) is 0 Å². The molecule has 0 spiro atoms. The van der Waals surface area contributed by atoms with Crippen molar-refractivity contribution in [2.24, 2.45) is 0 Å². The summed E-state index contributed by atoms with van der Waals surface area (Å²) in [6.07, 6.45) is 0. The van der Waals surface area contributed by atoms with Gasteiger partial charge in [-0.2, -0.15) is 0 Å². The van der Waals surface area contributed by atoms with Gasteiger partial charge in [-0.05, 0) is 0 Å². The van der Waals surface area contributed by atoms with E-state index in [0.29, 0.717) is 16.4 Å². The van der Waals surface area contributed by atoms with E-state index in [-0.39, 0.29) is 17.1 Å². The molecule has 0 aliphatic rings. The van der Waals surface area contributed by atoms with Crippen molar-refractivity contribution < 1.29 is 21.2 Å². The van der Waals surface area contributed by atoms with Gasteiger partial charge in [-0.25, -0.2) is 0 Å². The van der Waals surface area contributed by atoms with Gasteiger partial charge in [0.2, 0.25) is 0 Å². The van der Waals surface area contributed by atoms with E-state index in [0.717, 1.165) is 3.57 Å². The number of rotatable bonds is 2. The molecule has 8 N–H and O–H groups in total. The number of anilines is 5. The van der Waals surface area contributed by atoms with Crippen LogP contribution in [0.3, 0.4) is 0 Å². The maximum absolute atomic E-state index is 11.4. The number of halogens is 1. The SMILES string of the molecule is C[I-]c1c(N)c(N)c(N)c(N)c1N(C)[O-]. The zero-order chi connectivity index (χ0) is 11.7. The van der Waals surface area contributed by atoms with Crippen LogP contribution in [0, 0.1) is 8.78 Å². The summed E-state index contributed by atoms with van der Waals surface area (Å²) in [4.78, 5) is 1.98. The van der Waals surface area contributed by atoms with Crippen molar-refractivity contribution in [1.29, 1.82) is 0 Å². The van der Waals surface area contributed by atoms with E-state index in [4.69, 9.17) is 22.9 Å². The van der Waals surface area contributed by atoms with Crippen LogP contribution in [0.5, 0.6) is 0 Å². The Labute approximate surface area is 98.4 Å². The Kier molecular flexibility index (Phi) is 3.35. The number of nitrogen functional groups attached to an aromatic ring is 4. The second-order valence-corrected chi connectivity index (χ2v) is 5.16. The number of benzene rings is 1. The average Bonchev–Trinajstić information content (AvgIpc) is 2.19. The van der Waals surface area contributed by atoms with Crippen molar-refractivity contribution in [3.63, 3.8) is 0 Å². The third kappa shape index (κ3) is 1.84. The molecule has 0 bridgehead atoms. The molecular formula is C8H14IN5O-2. The Morgan fingerprint density at radius 1 is 1.00 bits per heavy atom. The number of hydroxylamine groups is 1. The van der Waals surface area contributed by atoms with Crippen LogP contribution in [0.25, 0.3) is 0 Å². The van der Waals surface area contributed by atoms with Gasteiger partial charge in [0.05, 0.1) is 0 Å². The van der Waals surface area contributed by atoms with Crippen molar-refractivity contribution >= 4 is 28.4 Å². The first-order valence-corrected chi connectivity index (χ1v) is 7.31. The molecule has 0 aliphatic heterocycles. The summed E-state index contributed by atoms with van der Waals surface area (Å²) in [6, 6.07) is 0. The minimum absolute atomic E-state index is 0.186. The van der Waals surface area contributed by atoms with E-state index in [1.165, 1.54) is 7.05 Å². The molecule has 86 valence electrons. The first-order chi connectivity index (χ1) is 6.91. The third-order valence-corrected chi connectivity index (χ3v) is 4.24. The van der Waals surface area contributed by atoms with Gasteiger partial charge in [-0.1, -0.05) is 0 Å². The van der Waals surface area contributed by atoms with E-state index in [1.54, 1.807) is 0 Å². The van der Waals surface area contributed by atoms with Crippen LogP contribution < -0.4 is 49.2 Å². The Balaban J connectivity index is 3.62. The molecule has 1 rings (SSSR count). The summed E-state index contributed by atoms with van der Waals surface area (Å²) in [6.45, 7) is 0. The Bertz CT molecular complexity index is 393. The van der Waals surface area contributed by atoms with Crippen molar-refractivity contribution in [2.45, 2.75) is 0 Å². The third-order valence-electron chi connectivity index (χ3n) is 2.07. The molecule has 0 heterocycles. The molecule has 0 saturated heterocycles. The fourth-order valence-corrected chi connectivity index (χ4v) is 3.29. The number of nitrogens with two attached hydrogens (primary N) is 4. The van der Waals surface area contributed by atoms with E-state index in [2.05, 4.69) is 0 Å². The molecule has 0 amide bonds. The van der Waals surface area contributed by atoms with E-state index >= 15 is 0 Å². The van der Waals surface area contributed by atoms with E-state index in [1.807, 2.05) is 4.93 Å². The molecule has 0 atom stereocenters. The maximum atomic E-state index is 11.4. The Morgan fingerprint density at radius 2 is 1.47 bits per heavy atom. The minimum atomic E-state index is -0.396. The molecule has 1 aromatic carbocycles. The van der Waals surface area contributed by atoms with Crippen LogP contribution in [0.1, 0.15) is 0 Å². The predicted octanol–water partition coefficient (Wildman–Crippen LogP) is -3.16. The normalized spacial score (nSPS) is 10.6. The molecule has 0 radical (unpaired) electrons. The average molecular weight is 323 g/mol. The molecule has 7 heteroatoms. The molecule has 15 heavy (non-hydrogen) atoms. The Morgan fingerprint density at radius 3 is 1.87 bits per heavy atom. The summed E-state index contributed by atoms with van der Waals surface area (Å²) in [5, 5.41) is 12.0. The van der Waals surface area contributed by atoms with Crippen LogP contribution in [-0.4, -0.2) is 12.0 Å². The molecule has 0 aromatic heterocycles. The molecule has 0 fully saturated rings. The summed E-state index contributed by atoms with van der Waals surface area (Å²) in [5.41, 5.74) is 24.3. The predicted molar refractivity (Wildman–Crippen MR) is 60.5 cm³/mol. The Hall–Kier alpha value is -1.09. The van der Waals surface area contributed by atoms with Gasteiger partial charge >= 0.3 is 98.4 Å². The molecule has 0 saturated carbocycles. The second-order valence-electron chi connectivity index (χ2n) is 3.00. The standard InChI is InChI=1S/C8H14IN5O/c1-9-3-4(10)5(11)6(12)7(13)8(3)14(2)15/h10-13H2,1-2H3/q-2. The first-order valence-electron chi connectivity index (χ1n) is 4.08. The summed E-state index contributed by atoms with van der Waals surface area (Å²) < 4.78 is 0.746. The molecule has 1 aromatic rings. The van der Waals surface area contributed by atoms with Gasteiger partial charge in [0.25, 0.3) is 0 Å². The summed E-state index contributed by atoms with van der Waals surface area (Å²) in [7, 11) is 1.36. The fraction of sp³-hybridized carbons (Fsp3) is 0.250. The van der Waals surface area contributed by atoms with Gasteiger partial charge in [-0.15, -0.1) is 0 Å². The van der Waals surface area contributed by atoms with Crippen LogP contribution >= 0.6 is 0 Å². The van der Waals surface area contributed by atoms with Crippen molar-refractivity contribution in [3.05, 3.63) is 8.78 Å². The number of alkyl halides is 1. The van der Waals surface area contributed by atoms with Gasteiger partial charge < -0.3 is 0 Å². The molecule has 6 nitrogen and oxygen atoms in total. The zero-order valence-corrected chi connectivity index (χ0v) is 10.7. The van der Waals surface area contributed by atoms with Crippen molar-refractivity contribution in [1.82, 2.24) is 0 Å². The van der Waals surface area contributed by atoms with Crippen molar-refractivity contribution in [2.75, 3.05) is 40.0 Å². The van der Waals surface area contributed by atoms with Crippen LogP contribution in [0.2, 0.25) is 0 Å². The molecule has 0 aliphatic carbocycles. The molecular weight excluding hydrogens is 309 g/mol. The van der Waals surface area contributed by atoms with Crippen LogP contribution in [-0.2, 0) is 0 Å². The summed E-state index contributed by atoms with van der Waals surface area (Å²) in [5.74, 6) is 0. The topological polar surface area (TPSA) is 130 Å². The molecule has 0 unspecified atom stereocenters. The van der Waals surface area contributed by atoms with Gasteiger partial charge in [-0.3, -0.25) is 0 Å². The number of hydrogen-bond donors (Lipinski definition) is 4.